The molecule has 26 heavy (non-hydrogen) atoms. The van der Waals surface area contributed by atoms with Gasteiger partial charge in [0.25, 0.3) is 5.91 Å². The first kappa shape index (κ1) is 18.9. The number of rotatable bonds is 7. The van der Waals surface area contributed by atoms with Crippen molar-refractivity contribution in [3.05, 3.63) is 53.6 Å². The molecule has 0 saturated heterocycles. The highest BCUT2D eigenvalue weighted by Crippen LogP contribution is 2.29. The maximum atomic E-state index is 12.3. The van der Waals surface area contributed by atoms with E-state index in [0.717, 1.165) is 0 Å². The van der Waals surface area contributed by atoms with Gasteiger partial charge < -0.3 is 19.9 Å². The number of ether oxygens (including phenoxy) is 2. The molecule has 0 heterocycles. The fourth-order valence-corrected chi connectivity index (χ4v) is 2.22. The number of phenols is 1. The highest BCUT2D eigenvalue weighted by Gasteiger charge is 2.11. The van der Waals surface area contributed by atoms with E-state index in [1.54, 1.807) is 30.3 Å². The van der Waals surface area contributed by atoms with E-state index in [-0.39, 0.29) is 11.3 Å². The van der Waals surface area contributed by atoms with Crippen LogP contribution < -0.4 is 14.8 Å². The van der Waals surface area contributed by atoms with E-state index in [4.69, 9.17) is 9.47 Å². The Kier molecular flexibility index (Phi) is 6.63. The van der Waals surface area contributed by atoms with Crippen LogP contribution in [0.25, 0.3) is 6.08 Å². The molecule has 2 aromatic carbocycles. The van der Waals surface area contributed by atoms with Crippen LogP contribution in [0.2, 0.25) is 0 Å². The first-order chi connectivity index (χ1) is 12.6. The molecule has 0 aliphatic heterocycles. The van der Waals surface area contributed by atoms with Crippen molar-refractivity contribution in [2.24, 2.45) is 0 Å². The van der Waals surface area contributed by atoms with E-state index in [1.807, 2.05) is 19.9 Å². The van der Waals surface area contributed by atoms with Crippen molar-refractivity contribution in [2.75, 3.05) is 18.5 Å². The minimum absolute atomic E-state index is 0.0512. The van der Waals surface area contributed by atoms with E-state index in [0.29, 0.717) is 36.0 Å². The van der Waals surface area contributed by atoms with E-state index >= 15 is 0 Å². The van der Waals surface area contributed by atoms with Crippen LogP contribution in [0.1, 0.15) is 19.4 Å². The van der Waals surface area contributed by atoms with Crippen LogP contribution in [0.15, 0.2) is 48.0 Å². The summed E-state index contributed by atoms with van der Waals surface area (Å²) in [6.45, 7) is 4.72. The molecule has 2 aromatic rings. The van der Waals surface area contributed by atoms with Crippen molar-refractivity contribution in [1.29, 1.82) is 5.26 Å². The molecule has 6 nitrogen and oxygen atoms in total. The molecule has 0 aliphatic rings. The molecule has 0 atom stereocenters. The maximum Gasteiger partial charge on any atom is 0.266 e. The molecule has 0 aliphatic carbocycles. The smallest absolute Gasteiger partial charge is 0.266 e. The summed E-state index contributed by atoms with van der Waals surface area (Å²) < 4.78 is 11.1. The molecule has 0 spiro atoms. The Morgan fingerprint density at radius 1 is 1.12 bits per heavy atom. The van der Waals surface area contributed by atoms with E-state index in [1.165, 1.54) is 18.2 Å². The third kappa shape index (κ3) is 5.02. The van der Waals surface area contributed by atoms with Crippen LogP contribution in [0.3, 0.4) is 0 Å². The largest absolute Gasteiger partial charge is 0.508 e. The van der Waals surface area contributed by atoms with Crippen molar-refractivity contribution in [3.63, 3.8) is 0 Å². The lowest BCUT2D eigenvalue weighted by atomic mass is 10.1. The van der Waals surface area contributed by atoms with Gasteiger partial charge in [-0.2, -0.15) is 5.26 Å². The first-order valence-electron chi connectivity index (χ1n) is 8.19. The van der Waals surface area contributed by atoms with Gasteiger partial charge in [-0.1, -0.05) is 6.07 Å². The molecule has 0 aromatic heterocycles. The van der Waals surface area contributed by atoms with Crippen molar-refractivity contribution in [2.45, 2.75) is 13.8 Å². The third-order valence-electron chi connectivity index (χ3n) is 3.37. The number of aromatic hydroxyl groups is 1. The summed E-state index contributed by atoms with van der Waals surface area (Å²) in [7, 11) is 0. The minimum Gasteiger partial charge on any atom is -0.508 e. The summed E-state index contributed by atoms with van der Waals surface area (Å²) in [5.41, 5.74) is 1.08. The normalized spacial score (nSPS) is 10.7. The number of hydrogen-bond acceptors (Lipinski definition) is 5. The van der Waals surface area contributed by atoms with Crippen molar-refractivity contribution < 1.29 is 19.4 Å². The summed E-state index contributed by atoms with van der Waals surface area (Å²) in [5.74, 6) is 0.722. The number of amides is 1. The lowest BCUT2D eigenvalue weighted by Crippen LogP contribution is -2.13. The van der Waals surface area contributed by atoms with Gasteiger partial charge in [0.05, 0.1) is 13.2 Å². The summed E-state index contributed by atoms with van der Waals surface area (Å²) in [6.07, 6.45) is 1.48. The Hall–Kier alpha value is -3.46. The molecule has 1 amide bonds. The van der Waals surface area contributed by atoms with Crippen LogP contribution in [0.4, 0.5) is 5.69 Å². The summed E-state index contributed by atoms with van der Waals surface area (Å²) in [5, 5.41) is 21.2. The number of nitriles is 1. The molecule has 0 radical (unpaired) electrons. The molecule has 0 fully saturated rings. The predicted molar refractivity (Wildman–Crippen MR) is 99.1 cm³/mol. The van der Waals surface area contributed by atoms with Crippen molar-refractivity contribution in [1.82, 2.24) is 0 Å². The highest BCUT2D eigenvalue weighted by molar-refractivity contribution is 6.09. The van der Waals surface area contributed by atoms with Crippen molar-refractivity contribution in [3.8, 4) is 23.3 Å². The second-order valence-corrected chi connectivity index (χ2v) is 5.24. The quantitative estimate of drug-likeness (QED) is 0.450. The summed E-state index contributed by atoms with van der Waals surface area (Å²) in [6, 6.07) is 13.1. The molecule has 2 N–H and O–H groups in total. The molecular weight excluding hydrogens is 332 g/mol. The Balaban J connectivity index is 2.24. The Morgan fingerprint density at radius 2 is 1.77 bits per heavy atom. The monoisotopic (exact) mass is 352 g/mol. The lowest BCUT2D eigenvalue weighted by Gasteiger charge is -2.11. The topological polar surface area (TPSA) is 91.6 Å². The minimum atomic E-state index is -0.537. The average Bonchev–Trinajstić information content (AvgIpc) is 2.64. The van der Waals surface area contributed by atoms with Gasteiger partial charge in [0.1, 0.15) is 17.4 Å². The highest BCUT2D eigenvalue weighted by atomic mass is 16.5. The van der Waals surface area contributed by atoms with Gasteiger partial charge in [-0.15, -0.1) is 0 Å². The summed E-state index contributed by atoms with van der Waals surface area (Å²) >= 11 is 0. The molecule has 0 saturated carbocycles. The number of carbonyl (C=O) groups is 1. The first-order valence-corrected chi connectivity index (χ1v) is 8.19. The van der Waals surface area contributed by atoms with Gasteiger partial charge in [-0.25, -0.2) is 0 Å². The number of hydrogen-bond donors (Lipinski definition) is 2. The second-order valence-electron chi connectivity index (χ2n) is 5.24. The second kappa shape index (κ2) is 9.14. The molecule has 2 rings (SSSR count). The number of anilines is 1. The number of benzene rings is 2. The number of phenolic OH excluding ortho intramolecular Hbond substituents is 1. The predicted octanol–water partition coefficient (Wildman–Crippen LogP) is 3.74. The van der Waals surface area contributed by atoms with Crippen LogP contribution in [-0.2, 0) is 4.79 Å². The zero-order valence-corrected chi connectivity index (χ0v) is 14.7. The number of carbonyl (C=O) groups excluding carboxylic acids is 1. The maximum absolute atomic E-state index is 12.3. The van der Waals surface area contributed by atoms with Crippen LogP contribution >= 0.6 is 0 Å². The zero-order chi connectivity index (χ0) is 18.9. The number of nitrogens with zero attached hydrogens (tertiary/aromatic N) is 1. The van der Waals surface area contributed by atoms with Gasteiger partial charge in [0.15, 0.2) is 11.5 Å². The zero-order valence-electron chi connectivity index (χ0n) is 14.7. The Labute approximate surface area is 152 Å². The Bertz CT molecular complexity index is 836. The fourth-order valence-electron chi connectivity index (χ4n) is 2.22. The van der Waals surface area contributed by atoms with Crippen LogP contribution in [-0.4, -0.2) is 24.2 Å². The molecule has 134 valence electrons. The van der Waals surface area contributed by atoms with Crippen LogP contribution in [0, 0.1) is 11.3 Å². The average molecular weight is 352 g/mol. The van der Waals surface area contributed by atoms with Gasteiger partial charge in [-0.3, -0.25) is 4.79 Å². The molecular formula is C20H20N2O4. The molecule has 6 heteroatoms. The lowest BCUT2D eigenvalue weighted by molar-refractivity contribution is -0.112. The Morgan fingerprint density at radius 3 is 2.38 bits per heavy atom. The van der Waals surface area contributed by atoms with Gasteiger partial charge in [0, 0.05) is 5.69 Å². The molecule has 0 unspecified atom stereocenters. The van der Waals surface area contributed by atoms with Gasteiger partial charge >= 0.3 is 0 Å². The van der Waals surface area contributed by atoms with Crippen LogP contribution in [0.5, 0.6) is 17.2 Å². The van der Waals surface area contributed by atoms with E-state index in [9.17, 15) is 15.2 Å². The summed E-state index contributed by atoms with van der Waals surface area (Å²) in [4.78, 5) is 12.3. The third-order valence-corrected chi connectivity index (χ3v) is 3.37. The fraction of sp³-hybridized carbons (Fsp3) is 0.200. The van der Waals surface area contributed by atoms with Gasteiger partial charge in [-0.05, 0) is 61.9 Å². The van der Waals surface area contributed by atoms with E-state index < -0.39 is 5.91 Å². The number of nitrogens with one attached hydrogen (secondary N) is 1. The van der Waals surface area contributed by atoms with Gasteiger partial charge in [0.2, 0.25) is 0 Å². The van der Waals surface area contributed by atoms with E-state index in [2.05, 4.69) is 5.32 Å². The standard InChI is InChI=1S/C20H20N2O4/c1-3-25-18-10-5-14(12-19(18)26-4-2)11-15(13-21)20(24)22-16-6-8-17(23)9-7-16/h5-12,23H,3-4H2,1-2H3,(H,22,24)/b15-11+. The SMILES string of the molecule is CCOc1ccc(/C=C(\C#N)C(=O)Nc2ccc(O)cc2)cc1OCC. The van der Waals surface area contributed by atoms with Crippen molar-refractivity contribution >= 4 is 17.7 Å². The molecule has 0 bridgehead atoms.